The Kier molecular flexibility index (Phi) is 4.37. The first-order chi connectivity index (χ1) is 11.7. The standard InChI is InChI=1S/C19H26N2O2S/c22-17(12-16-6-2-11-24-16)21-10-8-19(14-21)7-3-9-20(18(19)23)13-15-4-1-5-15/h2,6,11,15H,1,3-5,7-10,12-14H2. The predicted octanol–water partition coefficient (Wildman–Crippen LogP) is 2.93. The van der Waals surface area contributed by atoms with E-state index < -0.39 is 0 Å². The zero-order valence-corrected chi connectivity index (χ0v) is 15.0. The fourth-order valence-corrected chi connectivity index (χ4v) is 5.15. The van der Waals surface area contributed by atoms with E-state index in [1.165, 1.54) is 19.3 Å². The third kappa shape index (κ3) is 2.99. The number of hydrogen-bond donors (Lipinski definition) is 0. The maximum absolute atomic E-state index is 13.1. The van der Waals surface area contributed by atoms with Gasteiger partial charge in [-0.05, 0) is 49.5 Å². The van der Waals surface area contributed by atoms with Gasteiger partial charge in [0.25, 0.3) is 0 Å². The van der Waals surface area contributed by atoms with Crippen molar-refractivity contribution in [3.05, 3.63) is 22.4 Å². The lowest BCUT2D eigenvalue weighted by Gasteiger charge is -2.42. The van der Waals surface area contributed by atoms with E-state index >= 15 is 0 Å². The molecule has 2 saturated heterocycles. The van der Waals surface area contributed by atoms with Crippen LogP contribution in [0.25, 0.3) is 0 Å². The lowest BCUT2D eigenvalue weighted by Crippen LogP contribution is -2.52. The first-order valence-corrected chi connectivity index (χ1v) is 10.1. The maximum atomic E-state index is 13.1. The van der Waals surface area contributed by atoms with Crippen LogP contribution >= 0.6 is 11.3 Å². The van der Waals surface area contributed by atoms with E-state index in [0.717, 1.165) is 49.7 Å². The van der Waals surface area contributed by atoms with Crippen molar-refractivity contribution in [2.24, 2.45) is 11.3 Å². The quantitative estimate of drug-likeness (QED) is 0.841. The van der Waals surface area contributed by atoms with Crippen molar-refractivity contribution in [1.29, 1.82) is 0 Å². The molecular formula is C19H26N2O2S. The number of rotatable bonds is 4. The second-order valence-corrected chi connectivity index (χ2v) is 8.79. The molecule has 1 unspecified atom stereocenters. The number of piperidine rings is 1. The van der Waals surface area contributed by atoms with Crippen LogP contribution in [0.5, 0.6) is 0 Å². The van der Waals surface area contributed by atoms with E-state index in [1.54, 1.807) is 11.3 Å². The number of nitrogens with zero attached hydrogens (tertiary/aromatic N) is 2. The summed E-state index contributed by atoms with van der Waals surface area (Å²) < 4.78 is 0. The van der Waals surface area contributed by atoms with E-state index in [1.807, 2.05) is 22.4 Å². The zero-order chi connectivity index (χ0) is 16.6. The summed E-state index contributed by atoms with van der Waals surface area (Å²) in [5.41, 5.74) is -0.285. The summed E-state index contributed by atoms with van der Waals surface area (Å²) in [6, 6.07) is 4.00. The van der Waals surface area contributed by atoms with Crippen LogP contribution in [-0.4, -0.2) is 47.8 Å². The molecule has 1 spiro atoms. The first kappa shape index (κ1) is 16.1. The van der Waals surface area contributed by atoms with Crippen LogP contribution in [0.1, 0.15) is 43.4 Å². The fraction of sp³-hybridized carbons (Fsp3) is 0.684. The van der Waals surface area contributed by atoms with Gasteiger partial charge >= 0.3 is 0 Å². The molecule has 0 radical (unpaired) electrons. The van der Waals surface area contributed by atoms with Crippen molar-refractivity contribution in [3.8, 4) is 0 Å². The van der Waals surface area contributed by atoms with Crippen molar-refractivity contribution in [2.75, 3.05) is 26.2 Å². The van der Waals surface area contributed by atoms with Crippen LogP contribution in [-0.2, 0) is 16.0 Å². The van der Waals surface area contributed by atoms with Crippen LogP contribution in [0.15, 0.2) is 17.5 Å². The molecule has 1 aromatic rings. The lowest BCUT2D eigenvalue weighted by molar-refractivity contribution is -0.147. The van der Waals surface area contributed by atoms with Gasteiger partial charge in [-0.3, -0.25) is 9.59 Å². The third-order valence-electron chi connectivity index (χ3n) is 6.14. The van der Waals surface area contributed by atoms with E-state index in [9.17, 15) is 9.59 Å². The average Bonchev–Trinajstić information content (AvgIpc) is 3.18. The smallest absolute Gasteiger partial charge is 0.230 e. The van der Waals surface area contributed by atoms with Gasteiger partial charge in [0.15, 0.2) is 0 Å². The second-order valence-electron chi connectivity index (χ2n) is 7.75. The molecule has 4 nitrogen and oxygen atoms in total. The monoisotopic (exact) mass is 346 g/mol. The fourth-order valence-electron chi connectivity index (χ4n) is 4.45. The largest absolute Gasteiger partial charge is 0.342 e. The van der Waals surface area contributed by atoms with Crippen LogP contribution in [0, 0.1) is 11.3 Å². The molecule has 0 N–H and O–H groups in total. The average molecular weight is 346 g/mol. The van der Waals surface area contributed by atoms with Gasteiger partial charge in [0.2, 0.25) is 11.8 Å². The lowest BCUT2D eigenvalue weighted by atomic mass is 9.77. The Labute approximate surface area is 147 Å². The Morgan fingerprint density at radius 1 is 1.25 bits per heavy atom. The van der Waals surface area contributed by atoms with Gasteiger partial charge in [0.1, 0.15) is 0 Å². The Morgan fingerprint density at radius 2 is 2.12 bits per heavy atom. The molecule has 2 aliphatic heterocycles. The Bertz CT molecular complexity index is 611. The molecule has 3 aliphatic rings. The molecule has 3 heterocycles. The summed E-state index contributed by atoms with van der Waals surface area (Å²) in [7, 11) is 0. The highest BCUT2D eigenvalue weighted by Gasteiger charge is 2.49. The Hall–Kier alpha value is -1.36. The van der Waals surface area contributed by atoms with Gasteiger partial charge in [0.05, 0.1) is 11.8 Å². The van der Waals surface area contributed by atoms with E-state index in [-0.39, 0.29) is 11.3 Å². The van der Waals surface area contributed by atoms with Crippen LogP contribution in [0.2, 0.25) is 0 Å². The molecule has 0 bridgehead atoms. The Balaban J connectivity index is 1.39. The van der Waals surface area contributed by atoms with Crippen molar-refractivity contribution >= 4 is 23.2 Å². The number of hydrogen-bond acceptors (Lipinski definition) is 3. The van der Waals surface area contributed by atoms with Crippen molar-refractivity contribution in [2.45, 2.75) is 44.9 Å². The van der Waals surface area contributed by atoms with Crippen molar-refractivity contribution in [3.63, 3.8) is 0 Å². The molecule has 4 rings (SSSR count). The molecule has 1 saturated carbocycles. The van der Waals surface area contributed by atoms with Crippen LogP contribution in [0.3, 0.4) is 0 Å². The summed E-state index contributed by atoms with van der Waals surface area (Å²) >= 11 is 1.63. The third-order valence-corrected chi connectivity index (χ3v) is 7.02. The van der Waals surface area contributed by atoms with Gasteiger partial charge in [-0.2, -0.15) is 0 Å². The molecule has 130 valence electrons. The summed E-state index contributed by atoms with van der Waals surface area (Å²) in [5, 5.41) is 2.01. The minimum absolute atomic E-state index is 0.179. The molecule has 1 aromatic heterocycles. The summed E-state index contributed by atoms with van der Waals surface area (Å²) in [5.74, 6) is 1.23. The van der Waals surface area contributed by atoms with Gasteiger partial charge in [-0.1, -0.05) is 12.5 Å². The molecule has 1 aliphatic carbocycles. The summed E-state index contributed by atoms with van der Waals surface area (Å²) in [6.07, 6.45) is 7.26. The molecule has 3 fully saturated rings. The highest BCUT2D eigenvalue weighted by molar-refractivity contribution is 7.10. The zero-order valence-electron chi connectivity index (χ0n) is 14.2. The van der Waals surface area contributed by atoms with Gasteiger partial charge in [-0.15, -0.1) is 11.3 Å². The minimum Gasteiger partial charge on any atom is -0.342 e. The van der Waals surface area contributed by atoms with Crippen LogP contribution in [0.4, 0.5) is 0 Å². The second kappa shape index (κ2) is 6.51. The summed E-state index contributed by atoms with van der Waals surface area (Å²) in [4.78, 5) is 30.8. The molecule has 2 amide bonds. The number of carbonyl (C=O) groups is 2. The van der Waals surface area contributed by atoms with E-state index in [0.29, 0.717) is 18.9 Å². The SMILES string of the molecule is O=C(Cc1cccs1)N1CCC2(CCCN(CC3CCC3)C2=O)C1. The molecule has 1 atom stereocenters. The molecule has 5 heteroatoms. The minimum atomic E-state index is -0.285. The number of amides is 2. The highest BCUT2D eigenvalue weighted by atomic mass is 32.1. The normalized spacial score (nSPS) is 27.8. The van der Waals surface area contributed by atoms with Gasteiger partial charge in [-0.25, -0.2) is 0 Å². The highest BCUT2D eigenvalue weighted by Crippen LogP contribution is 2.41. The molecular weight excluding hydrogens is 320 g/mol. The van der Waals surface area contributed by atoms with Crippen molar-refractivity contribution in [1.82, 2.24) is 9.80 Å². The summed E-state index contributed by atoms with van der Waals surface area (Å²) in [6.45, 7) is 3.24. The number of carbonyl (C=O) groups excluding carboxylic acids is 2. The Morgan fingerprint density at radius 3 is 2.83 bits per heavy atom. The maximum Gasteiger partial charge on any atom is 0.230 e. The number of likely N-dealkylation sites (tertiary alicyclic amines) is 2. The molecule has 0 aromatic carbocycles. The topological polar surface area (TPSA) is 40.6 Å². The van der Waals surface area contributed by atoms with Gasteiger partial charge in [0, 0.05) is 31.1 Å². The first-order valence-electron chi connectivity index (χ1n) is 9.26. The van der Waals surface area contributed by atoms with E-state index in [4.69, 9.17) is 0 Å². The molecule has 24 heavy (non-hydrogen) atoms. The van der Waals surface area contributed by atoms with Crippen molar-refractivity contribution < 1.29 is 9.59 Å². The predicted molar refractivity (Wildman–Crippen MR) is 94.8 cm³/mol. The van der Waals surface area contributed by atoms with Gasteiger partial charge < -0.3 is 9.80 Å². The van der Waals surface area contributed by atoms with E-state index in [2.05, 4.69) is 4.90 Å². The number of thiophene rings is 1. The van der Waals surface area contributed by atoms with Crippen LogP contribution < -0.4 is 0 Å².